The van der Waals surface area contributed by atoms with Crippen LogP contribution in [0.1, 0.15) is 29.7 Å². The van der Waals surface area contributed by atoms with E-state index in [9.17, 15) is 0 Å². The van der Waals surface area contributed by atoms with Gasteiger partial charge in [-0.2, -0.15) is 0 Å². The lowest BCUT2D eigenvalue weighted by Crippen LogP contribution is -2.43. The van der Waals surface area contributed by atoms with Gasteiger partial charge in [0.2, 0.25) is 0 Å². The topological polar surface area (TPSA) is 57.0 Å². The number of rotatable bonds is 6. The summed E-state index contributed by atoms with van der Waals surface area (Å²) in [4.78, 5) is 2.45. The van der Waals surface area contributed by atoms with Gasteiger partial charge in [0.25, 0.3) is 0 Å². The molecule has 0 fully saturated rings. The smallest absolute Gasteiger partial charge is 0.161 e. The van der Waals surface area contributed by atoms with Crippen LogP contribution in [0.4, 0.5) is 0 Å². The molecule has 0 aliphatic carbocycles. The largest absolute Gasteiger partial charge is 0.497 e. The van der Waals surface area contributed by atoms with Crippen LogP contribution in [0.25, 0.3) is 0 Å². The molecular weight excluding hydrogens is 328 g/mol. The standard InChI is InChI=1S/C21H28N2O3/c1-14(22)21-18-12-20(26-4)19(25-3)11-16(18)9-10-23(21)13-15-5-7-17(24-2)8-6-15/h5-8,11-12,14,21H,9-10,13,22H2,1-4H3/t14-,21+/m0/s1. The van der Waals surface area contributed by atoms with Crippen molar-refractivity contribution < 1.29 is 14.2 Å². The van der Waals surface area contributed by atoms with E-state index >= 15 is 0 Å². The predicted molar refractivity (Wildman–Crippen MR) is 103 cm³/mol. The molecule has 0 unspecified atom stereocenters. The number of ether oxygens (including phenoxy) is 3. The average molecular weight is 356 g/mol. The molecule has 1 aliphatic heterocycles. The van der Waals surface area contributed by atoms with Crippen molar-refractivity contribution in [1.29, 1.82) is 0 Å². The van der Waals surface area contributed by atoms with Crippen molar-refractivity contribution in [3.05, 3.63) is 53.1 Å². The molecule has 0 aromatic heterocycles. The SMILES string of the molecule is COc1ccc(CN2CCc3cc(OC)c(OC)cc3[C@H]2[C@H](C)N)cc1. The summed E-state index contributed by atoms with van der Waals surface area (Å²) >= 11 is 0. The summed E-state index contributed by atoms with van der Waals surface area (Å²) in [7, 11) is 5.03. The zero-order valence-corrected chi connectivity index (χ0v) is 16.0. The van der Waals surface area contributed by atoms with E-state index in [1.165, 1.54) is 16.7 Å². The number of methoxy groups -OCH3 is 3. The lowest BCUT2D eigenvalue weighted by atomic mass is 9.88. The van der Waals surface area contributed by atoms with Crippen LogP contribution in [-0.2, 0) is 13.0 Å². The second kappa shape index (κ2) is 7.98. The van der Waals surface area contributed by atoms with Gasteiger partial charge in [-0.3, -0.25) is 4.90 Å². The van der Waals surface area contributed by atoms with Crippen LogP contribution < -0.4 is 19.9 Å². The summed E-state index contributed by atoms with van der Waals surface area (Å²) in [5.74, 6) is 2.40. The number of nitrogens with two attached hydrogens (primary N) is 1. The van der Waals surface area contributed by atoms with E-state index in [-0.39, 0.29) is 12.1 Å². The molecule has 1 aliphatic rings. The highest BCUT2D eigenvalue weighted by Crippen LogP contribution is 2.39. The van der Waals surface area contributed by atoms with Crippen molar-refractivity contribution >= 4 is 0 Å². The molecular formula is C21H28N2O3. The summed E-state index contributed by atoms with van der Waals surface area (Å²) in [6, 6.07) is 12.6. The Morgan fingerprint density at radius 1 is 1.04 bits per heavy atom. The first-order valence-corrected chi connectivity index (χ1v) is 8.94. The van der Waals surface area contributed by atoms with Gasteiger partial charge >= 0.3 is 0 Å². The Morgan fingerprint density at radius 3 is 2.27 bits per heavy atom. The Labute approximate surface area is 155 Å². The minimum Gasteiger partial charge on any atom is -0.497 e. The van der Waals surface area contributed by atoms with E-state index in [0.717, 1.165) is 36.8 Å². The fourth-order valence-corrected chi connectivity index (χ4v) is 3.79. The third-order valence-corrected chi connectivity index (χ3v) is 5.07. The van der Waals surface area contributed by atoms with Gasteiger partial charge < -0.3 is 19.9 Å². The third-order valence-electron chi connectivity index (χ3n) is 5.07. The second-order valence-corrected chi connectivity index (χ2v) is 6.78. The van der Waals surface area contributed by atoms with Crippen LogP contribution in [0.2, 0.25) is 0 Å². The first-order chi connectivity index (χ1) is 12.6. The second-order valence-electron chi connectivity index (χ2n) is 6.78. The highest BCUT2D eigenvalue weighted by molar-refractivity contribution is 5.50. The number of benzene rings is 2. The molecule has 2 aromatic carbocycles. The summed E-state index contributed by atoms with van der Waals surface area (Å²) in [6.45, 7) is 3.88. The number of fused-ring (bicyclic) bond motifs is 1. The molecule has 26 heavy (non-hydrogen) atoms. The number of hydrogen-bond acceptors (Lipinski definition) is 5. The fraction of sp³-hybridized carbons (Fsp3) is 0.429. The molecule has 2 aromatic rings. The number of hydrogen-bond donors (Lipinski definition) is 1. The van der Waals surface area contributed by atoms with E-state index in [1.54, 1.807) is 21.3 Å². The molecule has 0 spiro atoms. The van der Waals surface area contributed by atoms with Crippen molar-refractivity contribution in [1.82, 2.24) is 4.90 Å². The van der Waals surface area contributed by atoms with Gasteiger partial charge in [-0.1, -0.05) is 12.1 Å². The molecule has 140 valence electrons. The lowest BCUT2D eigenvalue weighted by molar-refractivity contribution is 0.155. The highest BCUT2D eigenvalue weighted by Gasteiger charge is 2.31. The van der Waals surface area contributed by atoms with Crippen LogP contribution in [0.3, 0.4) is 0 Å². The molecule has 3 rings (SSSR count). The Bertz CT molecular complexity index is 744. The zero-order valence-electron chi connectivity index (χ0n) is 16.0. The van der Waals surface area contributed by atoms with Gasteiger partial charge in [0.05, 0.1) is 27.4 Å². The Kier molecular flexibility index (Phi) is 5.69. The summed E-state index contributed by atoms with van der Waals surface area (Å²) in [5, 5.41) is 0. The Balaban J connectivity index is 1.91. The van der Waals surface area contributed by atoms with Crippen LogP contribution in [-0.4, -0.2) is 38.8 Å². The van der Waals surface area contributed by atoms with E-state index in [1.807, 2.05) is 12.1 Å². The molecule has 1 heterocycles. The summed E-state index contributed by atoms with van der Waals surface area (Å²) in [5.41, 5.74) is 10.2. The molecule has 5 nitrogen and oxygen atoms in total. The molecule has 0 saturated carbocycles. The molecule has 5 heteroatoms. The van der Waals surface area contributed by atoms with Gasteiger partial charge in [0.1, 0.15) is 5.75 Å². The van der Waals surface area contributed by atoms with Gasteiger partial charge in [-0.25, -0.2) is 0 Å². The maximum Gasteiger partial charge on any atom is 0.161 e. The van der Waals surface area contributed by atoms with Crippen LogP contribution in [0.15, 0.2) is 36.4 Å². The molecule has 0 saturated heterocycles. The van der Waals surface area contributed by atoms with Crippen LogP contribution in [0.5, 0.6) is 17.2 Å². The van der Waals surface area contributed by atoms with Gasteiger partial charge in [-0.05, 0) is 54.3 Å². The van der Waals surface area contributed by atoms with Crippen molar-refractivity contribution in [3.63, 3.8) is 0 Å². The van der Waals surface area contributed by atoms with Crippen molar-refractivity contribution in [3.8, 4) is 17.2 Å². The molecule has 0 radical (unpaired) electrons. The number of nitrogens with zero attached hydrogens (tertiary/aromatic N) is 1. The third kappa shape index (κ3) is 3.64. The normalized spacial score (nSPS) is 18.1. The quantitative estimate of drug-likeness (QED) is 0.862. The van der Waals surface area contributed by atoms with Crippen molar-refractivity contribution in [2.45, 2.75) is 32.0 Å². The van der Waals surface area contributed by atoms with Crippen LogP contribution in [0, 0.1) is 0 Å². The highest BCUT2D eigenvalue weighted by atomic mass is 16.5. The average Bonchev–Trinajstić information content (AvgIpc) is 2.66. The minimum atomic E-state index is 0.00500. The van der Waals surface area contributed by atoms with Gasteiger partial charge in [-0.15, -0.1) is 0 Å². The first-order valence-electron chi connectivity index (χ1n) is 8.94. The Hall–Kier alpha value is -2.24. The zero-order chi connectivity index (χ0) is 18.7. The van der Waals surface area contributed by atoms with Crippen LogP contribution >= 0.6 is 0 Å². The molecule has 2 atom stereocenters. The fourth-order valence-electron chi connectivity index (χ4n) is 3.79. The first kappa shape index (κ1) is 18.5. The van der Waals surface area contributed by atoms with E-state index < -0.39 is 0 Å². The maximum atomic E-state index is 6.40. The van der Waals surface area contributed by atoms with E-state index in [4.69, 9.17) is 19.9 Å². The molecule has 2 N–H and O–H groups in total. The monoisotopic (exact) mass is 356 g/mol. The lowest BCUT2D eigenvalue weighted by Gasteiger charge is -2.40. The van der Waals surface area contributed by atoms with Gasteiger partial charge in [0.15, 0.2) is 11.5 Å². The predicted octanol–water partition coefficient (Wildman–Crippen LogP) is 3.16. The van der Waals surface area contributed by atoms with Gasteiger partial charge in [0, 0.05) is 19.1 Å². The molecule has 0 amide bonds. The van der Waals surface area contributed by atoms with Crippen molar-refractivity contribution in [2.24, 2.45) is 5.73 Å². The van der Waals surface area contributed by atoms with Crippen molar-refractivity contribution in [2.75, 3.05) is 27.9 Å². The minimum absolute atomic E-state index is 0.00500. The van der Waals surface area contributed by atoms with E-state index in [2.05, 4.69) is 36.1 Å². The summed E-state index contributed by atoms with van der Waals surface area (Å²) in [6.07, 6.45) is 0.967. The summed E-state index contributed by atoms with van der Waals surface area (Å²) < 4.78 is 16.2. The Morgan fingerprint density at radius 2 is 1.69 bits per heavy atom. The molecule has 0 bridgehead atoms. The van der Waals surface area contributed by atoms with E-state index in [0.29, 0.717) is 0 Å². The maximum absolute atomic E-state index is 6.40.